The topological polar surface area (TPSA) is 157 Å². The number of fused-ring (bicyclic) bond motifs is 1. The van der Waals surface area contributed by atoms with Crippen molar-refractivity contribution in [2.75, 3.05) is 18.5 Å². The van der Waals surface area contributed by atoms with E-state index in [0.717, 1.165) is 27.9 Å². The fourth-order valence-electron chi connectivity index (χ4n) is 5.22. The van der Waals surface area contributed by atoms with Gasteiger partial charge in [0.2, 0.25) is 5.78 Å². The van der Waals surface area contributed by atoms with Crippen molar-refractivity contribution in [3.05, 3.63) is 73.3 Å². The van der Waals surface area contributed by atoms with E-state index in [0.29, 0.717) is 29.1 Å². The van der Waals surface area contributed by atoms with E-state index in [1.807, 2.05) is 13.0 Å². The quantitative estimate of drug-likeness (QED) is 0.278. The first kappa shape index (κ1) is 27.3. The van der Waals surface area contributed by atoms with E-state index < -0.39 is 22.4 Å². The number of nitrogens with zero attached hydrogens (tertiary/aromatic N) is 2. The van der Waals surface area contributed by atoms with Crippen molar-refractivity contribution in [2.45, 2.75) is 44.4 Å². The molecule has 1 aliphatic carbocycles. The largest absolute Gasteiger partial charge is 0.391 e. The Morgan fingerprint density at radius 3 is 2.92 bits per heavy atom. The predicted octanol–water partition coefficient (Wildman–Crippen LogP) is 2.85. The van der Waals surface area contributed by atoms with Crippen molar-refractivity contribution in [3.8, 4) is 0 Å². The maximum absolute atomic E-state index is 13.6. The first-order valence-electron chi connectivity index (χ1n) is 12.2. The molecule has 1 unspecified atom stereocenters. The highest BCUT2D eigenvalue weighted by Crippen LogP contribution is 2.37. The smallest absolute Gasteiger partial charge is 0.333 e. The molecule has 0 spiro atoms. The van der Waals surface area contributed by atoms with Crippen LogP contribution in [0.2, 0.25) is 0 Å². The number of carbonyl (C=O) groups is 1. The van der Waals surface area contributed by atoms with E-state index in [1.165, 1.54) is 35.0 Å². The minimum Gasteiger partial charge on any atom is -0.391 e. The summed E-state index contributed by atoms with van der Waals surface area (Å²) in [5, 5.41) is 22.2. The van der Waals surface area contributed by atoms with Gasteiger partial charge < -0.3 is 15.7 Å². The van der Waals surface area contributed by atoms with Gasteiger partial charge in [-0.25, -0.2) is 15.1 Å². The number of rotatable bonds is 8. The van der Waals surface area contributed by atoms with Gasteiger partial charge in [-0.05, 0) is 67.0 Å². The number of hydrogen-bond acceptors (Lipinski definition) is 10. The molecule has 5 N–H and O–H groups in total. The third kappa shape index (κ3) is 5.98. The van der Waals surface area contributed by atoms with Gasteiger partial charge >= 0.3 is 10.3 Å². The maximum atomic E-state index is 13.6. The second-order valence-corrected chi connectivity index (χ2v) is 13.0. The molecule has 0 radical (unpaired) electrons. The Labute approximate surface area is 233 Å². The Balaban J connectivity index is 1.36. The van der Waals surface area contributed by atoms with Crippen LogP contribution in [0, 0.1) is 12.8 Å². The molecule has 38 heavy (non-hydrogen) atoms. The SMILES string of the molecule is Cc1sc(C(=O)c2cncnc2N[C@@H]2C[C@H](COS(N)(=O)=O)C[C@H]2O)cc1C1NCCc2ccc(Br)cc21. The normalized spacial score (nSPS) is 23.3. The summed E-state index contributed by atoms with van der Waals surface area (Å²) in [6.45, 7) is 2.76. The summed E-state index contributed by atoms with van der Waals surface area (Å²) in [4.78, 5) is 23.6. The van der Waals surface area contributed by atoms with E-state index in [-0.39, 0.29) is 24.3 Å². The second-order valence-electron chi connectivity index (χ2n) is 9.65. The molecule has 0 bridgehead atoms. The summed E-state index contributed by atoms with van der Waals surface area (Å²) >= 11 is 5.01. The molecule has 5 rings (SSSR count). The van der Waals surface area contributed by atoms with Crippen molar-refractivity contribution in [1.29, 1.82) is 0 Å². The Morgan fingerprint density at radius 2 is 2.13 bits per heavy atom. The zero-order valence-electron chi connectivity index (χ0n) is 20.6. The zero-order chi connectivity index (χ0) is 27.0. The number of halogens is 1. The molecular formula is C25H28BrN5O5S2. The molecule has 4 atom stereocenters. The number of thiophene rings is 1. The molecule has 2 aromatic heterocycles. The number of nitrogens with one attached hydrogen (secondary N) is 2. The fraction of sp³-hybridized carbons (Fsp3) is 0.400. The van der Waals surface area contributed by atoms with E-state index in [1.54, 1.807) is 0 Å². The standard InChI is InChI=1S/C25H28BrN5O5S2/c1-13-17(23-18-8-16(26)3-2-15(18)4-5-29-23)9-22(37-13)24(33)19-10-28-12-30-25(19)31-20-6-14(7-21(20)32)11-36-38(27,34)35/h2-3,8-10,12,14,20-21,23,29,32H,4-7,11H2,1H3,(H2,27,34,35)(H,28,30,31)/t14-,20+,21+,23?/m0/s1. The number of benzene rings is 1. The van der Waals surface area contributed by atoms with Gasteiger partial charge in [0.1, 0.15) is 12.1 Å². The van der Waals surface area contributed by atoms with E-state index in [9.17, 15) is 18.3 Å². The molecule has 0 amide bonds. The lowest BCUT2D eigenvalue weighted by Gasteiger charge is -2.27. The second kappa shape index (κ2) is 11.1. The Kier molecular flexibility index (Phi) is 7.96. The van der Waals surface area contributed by atoms with Crippen LogP contribution in [-0.4, -0.2) is 54.6 Å². The van der Waals surface area contributed by atoms with E-state index in [2.05, 4.69) is 54.7 Å². The van der Waals surface area contributed by atoms with E-state index >= 15 is 0 Å². The summed E-state index contributed by atoms with van der Waals surface area (Å²) in [5.74, 6) is -0.103. The van der Waals surface area contributed by atoms with Crippen molar-refractivity contribution < 1.29 is 22.5 Å². The zero-order valence-corrected chi connectivity index (χ0v) is 23.8. The van der Waals surface area contributed by atoms with Crippen molar-refractivity contribution in [1.82, 2.24) is 15.3 Å². The molecule has 0 saturated heterocycles. The van der Waals surface area contributed by atoms with Gasteiger partial charge in [-0.3, -0.25) is 8.98 Å². The molecular weight excluding hydrogens is 594 g/mol. The van der Waals surface area contributed by atoms with Gasteiger partial charge in [0.05, 0.1) is 35.2 Å². The summed E-state index contributed by atoms with van der Waals surface area (Å²) in [5.41, 5.74) is 3.86. The summed E-state index contributed by atoms with van der Waals surface area (Å²) in [6, 6.07) is 7.82. The third-order valence-corrected chi connectivity index (χ3v) is 9.05. The van der Waals surface area contributed by atoms with Gasteiger partial charge in [0.25, 0.3) is 0 Å². The van der Waals surface area contributed by atoms with Crippen LogP contribution in [0.5, 0.6) is 0 Å². The highest BCUT2D eigenvalue weighted by atomic mass is 79.9. The van der Waals surface area contributed by atoms with Crippen LogP contribution in [0.4, 0.5) is 5.82 Å². The number of aliphatic hydroxyl groups excluding tert-OH is 1. The monoisotopic (exact) mass is 621 g/mol. The lowest BCUT2D eigenvalue weighted by atomic mass is 9.90. The molecule has 1 saturated carbocycles. The summed E-state index contributed by atoms with van der Waals surface area (Å²) < 4.78 is 27.9. The van der Waals surface area contributed by atoms with Crippen molar-refractivity contribution >= 4 is 49.2 Å². The van der Waals surface area contributed by atoms with Crippen LogP contribution in [-0.2, 0) is 20.9 Å². The van der Waals surface area contributed by atoms with Gasteiger partial charge in [0.15, 0.2) is 0 Å². The molecule has 3 aromatic rings. The van der Waals surface area contributed by atoms with Crippen LogP contribution >= 0.6 is 27.3 Å². The summed E-state index contributed by atoms with van der Waals surface area (Å²) in [7, 11) is -4.06. The fourth-order valence-corrected chi connectivity index (χ4v) is 6.99. The van der Waals surface area contributed by atoms with Gasteiger partial charge in [-0.1, -0.05) is 22.0 Å². The van der Waals surface area contributed by atoms with Gasteiger partial charge in [-0.15, -0.1) is 11.3 Å². The number of aliphatic hydroxyl groups is 1. The lowest BCUT2D eigenvalue weighted by Crippen LogP contribution is -2.30. The number of ketones is 1. The molecule has 1 fully saturated rings. The minimum atomic E-state index is -4.06. The highest BCUT2D eigenvalue weighted by molar-refractivity contribution is 9.10. The molecule has 202 valence electrons. The first-order valence-corrected chi connectivity index (χ1v) is 15.3. The number of nitrogens with two attached hydrogens (primary N) is 1. The number of hydrogen-bond donors (Lipinski definition) is 4. The van der Waals surface area contributed by atoms with Crippen LogP contribution in [0.1, 0.15) is 55.7 Å². The molecule has 13 heteroatoms. The van der Waals surface area contributed by atoms with Crippen LogP contribution in [0.25, 0.3) is 0 Å². The molecule has 2 aliphatic rings. The average molecular weight is 623 g/mol. The Bertz CT molecular complexity index is 1460. The van der Waals surface area contributed by atoms with Crippen molar-refractivity contribution in [2.24, 2.45) is 11.1 Å². The lowest BCUT2D eigenvalue weighted by molar-refractivity contribution is 0.104. The molecule has 1 aliphatic heterocycles. The number of anilines is 1. The van der Waals surface area contributed by atoms with Gasteiger partial charge in [-0.2, -0.15) is 8.42 Å². The molecule has 3 heterocycles. The number of aromatic nitrogens is 2. The number of carbonyl (C=O) groups excluding carboxylic acids is 1. The predicted molar refractivity (Wildman–Crippen MR) is 147 cm³/mol. The van der Waals surface area contributed by atoms with Crippen LogP contribution < -0.4 is 15.8 Å². The highest BCUT2D eigenvalue weighted by Gasteiger charge is 2.35. The van der Waals surface area contributed by atoms with Crippen LogP contribution in [0.3, 0.4) is 0 Å². The maximum Gasteiger partial charge on any atom is 0.333 e. The van der Waals surface area contributed by atoms with Crippen molar-refractivity contribution in [3.63, 3.8) is 0 Å². The van der Waals surface area contributed by atoms with E-state index in [4.69, 9.17) is 9.32 Å². The first-order chi connectivity index (χ1) is 18.1. The molecule has 1 aromatic carbocycles. The minimum absolute atomic E-state index is 0.0104. The number of aryl methyl sites for hydroxylation is 1. The van der Waals surface area contributed by atoms with Gasteiger partial charge in [0, 0.05) is 22.1 Å². The summed E-state index contributed by atoms with van der Waals surface area (Å²) in [6.07, 6.45) is 3.76. The Hall–Kier alpha value is -2.26. The third-order valence-electron chi connectivity index (χ3n) is 7.03. The average Bonchev–Trinajstić information content (AvgIpc) is 3.43. The Morgan fingerprint density at radius 1 is 1.32 bits per heavy atom. The van der Waals surface area contributed by atoms with Crippen LogP contribution in [0.15, 0.2) is 41.3 Å². The molecule has 10 nitrogen and oxygen atoms in total.